The predicted octanol–water partition coefficient (Wildman–Crippen LogP) is 1.80. The summed E-state index contributed by atoms with van der Waals surface area (Å²) in [6.07, 6.45) is 1.57. The van der Waals surface area contributed by atoms with Crippen molar-refractivity contribution in [2.24, 2.45) is 5.41 Å². The Kier molecular flexibility index (Phi) is 5.62. The van der Waals surface area contributed by atoms with Crippen LogP contribution in [0.5, 0.6) is 0 Å². The van der Waals surface area contributed by atoms with E-state index in [0.717, 1.165) is 12.7 Å². The zero-order valence-corrected chi connectivity index (χ0v) is 13.5. The summed E-state index contributed by atoms with van der Waals surface area (Å²) < 4.78 is 33.6. The number of benzene rings is 1. The van der Waals surface area contributed by atoms with Crippen molar-refractivity contribution in [1.82, 2.24) is 0 Å². The molecule has 1 atom stereocenters. The largest absolute Gasteiger partial charge is 0.468 e. The Morgan fingerprint density at radius 3 is 2.23 bits per heavy atom. The highest BCUT2D eigenvalue weighted by Gasteiger charge is 2.41. The number of rotatable bonds is 7. The van der Waals surface area contributed by atoms with Gasteiger partial charge >= 0.3 is 5.97 Å². The SMILES string of the molecule is C=Cc1ccc(S(=O)(=O)OCC(C)(C(C)=O)C(=O)OC)cc1. The Morgan fingerprint density at radius 2 is 1.82 bits per heavy atom. The molecule has 6 nitrogen and oxygen atoms in total. The topological polar surface area (TPSA) is 86.7 Å². The third kappa shape index (κ3) is 3.80. The molecule has 0 fully saturated rings. The van der Waals surface area contributed by atoms with Gasteiger partial charge in [0.25, 0.3) is 10.1 Å². The molecule has 1 aromatic carbocycles. The first kappa shape index (κ1) is 18.1. The molecule has 1 unspecified atom stereocenters. The van der Waals surface area contributed by atoms with Gasteiger partial charge < -0.3 is 4.74 Å². The number of carbonyl (C=O) groups is 2. The number of methoxy groups -OCH3 is 1. The summed E-state index contributed by atoms with van der Waals surface area (Å²) in [5, 5.41) is 0. The minimum absolute atomic E-state index is 0.0751. The number of esters is 1. The summed E-state index contributed by atoms with van der Waals surface area (Å²) in [7, 11) is -2.97. The number of ketones is 1. The van der Waals surface area contributed by atoms with Gasteiger partial charge in [-0.2, -0.15) is 8.42 Å². The van der Waals surface area contributed by atoms with Crippen molar-refractivity contribution >= 4 is 27.9 Å². The van der Waals surface area contributed by atoms with Crippen LogP contribution in [-0.4, -0.2) is 33.9 Å². The fourth-order valence-electron chi connectivity index (χ4n) is 1.56. The molecule has 0 saturated carbocycles. The molecular weight excluding hydrogens is 308 g/mol. The Hall–Kier alpha value is -1.99. The van der Waals surface area contributed by atoms with Crippen LogP contribution in [0.15, 0.2) is 35.7 Å². The highest BCUT2D eigenvalue weighted by atomic mass is 32.2. The molecule has 0 radical (unpaired) electrons. The molecule has 0 amide bonds. The average molecular weight is 326 g/mol. The summed E-state index contributed by atoms with van der Waals surface area (Å²) in [6.45, 7) is 5.39. The van der Waals surface area contributed by atoms with Crippen molar-refractivity contribution < 1.29 is 26.9 Å². The van der Waals surface area contributed by atoms with E-state index in [9.17, 15) is 18.0 Å². The lowest BCUT2D eigenvalue weighted by molar-refractivity contribution is -0.158. The Morgan fingerprint density at radius 1 is 1.27 bits per heavy atom. The highest BCUT2D eigenvalue weighted by Crippen LogP contribution is 2.23. The standard InChI is InChI=1S/C15H18O6S/c1-5-12-6-8-13(9-7-12)22(18,19)21-10-15(3,11(2)16)14(17)20-4/h5-9H,1,10H2,2-4H3. The summed E-state index contributed by atoms with van der Waals surface area (Å²) >= 11 is 0. The van der Waals surface area contributed by atoms with Crippen LogP contribution in [0.3, 0.4) is 0 Å². The predicted molar refractivity (Wildman–Crippen MR) is 80.5 cm³/mol. The van der Waals surface area contributed by atoms with Gasteiger partial charge in [-0.1, -0.05) is 24.8 Å². The van der Waals surface area contributed by atoms with Crippen LogP contribution in [0.4, 0.5) is 0 Å². The molecule has 120 valence electrons. The summed E-state index contributed by atoms with van der Waals surface area (Å²) in [5.74, 6) is -1.39. The van der Waals surface area contributed by atoms with Gasteiger partial charge in [0.05, 0.1) is 18.6 Å². The minimum atomic E-state index is -4.09. The van der Waals surface area contributed by atoms with Crippen LogP contribution < -0.4 is 0 Å². The highest BCUT2D eigenvalue weighted by molar-refractivity contribution is 7.86. The number of hydrogen-bond acceptors (Lipinski definition) is 6. The maximum atomic E-state index is 12.1. The minimum Gasteiger partial charge on any atom is -0.468 e. The van der Waals surface area contributed by atoms with E-state index in [1.54, 1.807) is 18.2 Å². The molecule has 0 saturated heterocycles. The molecule has 1 aromatic rings. The molecule has 22 heavy (non-hydrogen) atoms. The first-order valence-corrected chi connectivity index (χ1v) is 7.79. The number of ether oxygens (including phenoxy) is 1. The third-order valence-corrected chi connectivity index (χ3v) is 4.60. The van der Waals surface area contributed by atoms with Crippen molar-refractivity contribution in [3.05, 3.63) is 36.4 Å². The van der Waals surface area contributed by atoms with E-state index in [1.807, 2.05) is 0 Å². The first-order valence-electron chi connectivity index (χ1n) is 6.39. The van der Waals surface area contributed by atoms with Crippen molar-refractivity contribution in [3.63, 3.8) is 0 Å². The second-order valence-electron chi connectivity index (χ2n) is 4.87. The van der Waals surface area contributed by atoms with Gasteiger partial charge in [0.1, 0.15) is 11.2 Å². The Balaban J connectivity index is 2.98. The number of Topliss-reactive ketones (excluding diaryl/α,β-unsaturated/α-hetero) is 1. The third-order valence-electron chi connectivity index (χ3n) is 3.32. The monoisotopic (exact) mass is 326 g/mol. The fraction of sp³-hybridized carbons (Fsp3) is 0.333. The van der Waals surface area contributed by atoms with E-state index in [2.05, 4.69) is 11.3 Å². The molecule has 0 aliphatic heterocycles. The van der Waals surface area contributed by atoms with E-state index < -0.39 is 33.9 Å². The van der Waals surface area contributed by atoms with E-state index >= 15 is 0 Å². The van der Waals surface area contributed by atoms with Crippen LogP contribution in [-0.2, 0) is 28.6 Å². The molecule has 0 spiro atoms. The van der Waals surface area contributed by atoms with Gasteiger partial charge in [0.2, 0.25) is 0 Å². The molecular formula is C15H18O6S. The normalized spacial score (nSPS) is 14.0. The van der Waals surface area contributed by atoms with E-state index in [1.165, 1.54) is 26.0 Å². The molecule has 0 N–H and O–H groups in total. The number of carbonyl (C=O) groups excluding carboxylic acids is 2. The van der Waals surface area contributed by atoms with Crippen molar-refractivity contribution in [2.75, 3.05) is 13.7 Å². The molecule has 0 bridgehead atoms. The van der Waals surface area contributed by atoms with Crippen LogP contribution >= 0.6 is 0 Å². The maximum Gasteiger partial charge on any atom is 0.321 e. The zero-order valence-electron chi connectivity index (χ0n) is 12.7. The molecule has 7 heteroatoms. The van der Waals surface area contributed by atoms with Gasteiger partial charge in [-0.15, -0.1) is 0 Å². The zero-order chi connectivity index (χ0) is 17.0. The van der Waals surface area contributed by atoms with Crippen LogP contribution in [0.1, 0.15) is 19.4 Å². The van der Waals surface area contributed by atoms with Crippen LogP contribution in [0.2, 0.25) is 0 Å². The number of hydrogen-bond donors (Lipinski definition) is 0. The Labute approximate surface area is 129 Å². The van der Waals surface area contributed by atoms with Gasteiger partial charge in [-0.3, -0.25) is 13.8 Å². The van der Waals surface area contributed by atoms with Gasteiger partial charge in [0, 0.05) is 0 Å². The summed E-state index contributed by atoms with van der Waals surface area (Å²) in [4.78, 5) is 23.2. The lowest BCUT2D eigenvalue weighted by atomic mass is 9.88. The lowest BCUT2D eigenvalue weighted by Gasteiger charge is -2.22. The van der Waals surface area contributed by atoms with Gasteiger partial charge in [-0.05, 0) is 31.5 Å². The maximum absolute atomic E-state index is 12.1. The van der Waals surface area contributed by atoms with E-state index in [4.69, 9.17) is 4.18 Å². The molecule has 0 aliphatic carbocycles. The smallest absolute Gasteiger partial charge is 0.321 e. The van der Waals surface area contributed by atoms with Crippen molar-refractivity contribution in [1.29, 1.82) is 0 Å². The molecule has 0 aliphatic rings. The average Bonchev–Trinajstić information content (AvgIpc) is 2.51. The first-order chi connectivity index (χ1) is 10.2. The Bertz CT molecular complexity index is 674. The summed E-state index contributed by atoms with van der Waals surface area (Å²) in [5.41, 5.74) is -0.926. The van der Waals surface area contributed by atoms with E-state index in [-0.39, 0.29) is 4.90 Å². The van der Waals surface area contributed by atoms with Crippen LogP contribution in [0, 0.1) is 5.41 Å². The summed E-state index contributed by atoms with van der Waals surface area (Å²) in [6, 6.07) is 5.84. The molecule has 1 rings (SSSR count). The van der Waals surface area contributed by atoms with E-state index in [0.29, 0.717) is 0 Å². The van der Waals surface area contributed by atoms with Gasteiger partial charge in [-0.25, -0.2) is 0 Å². The second kappa shape index (κ2) is 6.85. The van der Waals surface area contributed by atoms with Crippen molar-refractivity contribution in [2.45, 2.75) is 18.7 Å². The molecule has 0 aromatic heterocycles. The van der Waals surface area contributed by atoms with Crippen LogP contribution in [0.25, 0.3) is 6.08 Å². The molecule has 0 heterocycles. The fourth-order valence-corrected chi connectivity index (χ4v) is 2.56. The van der Waals surface area contributed by atoms with Gasteiger partial charge in [0.15, 0.2) is 0 Å². The lowest BCUT2D eigenvalue weighted by Crippen LogP contribution is -2.41. The second-order valence-corrected chi connectivity index (χ2v) is 6.48. The van der Waals surface area contributed by atoms with Crippen molar-refractivity contribution in [3.8, 4) is 0 Å². The quantitative estimate of drug-likeness (QED) is 0.431.